The van der Waals surface area contributed by atoms with E-state index in [4.69, 9.17) is 0 Å². The Balaban J connectivity index is 1.85. The van der Waals surface area contributed by atoms with Crippen molar-refractivity contribution in [3.05, 3.63) is 0 Å². The van der Waals surface area contributed by atoms with Crippen LogP contribution in [0.2, 0.25) is 0 Å². The van der Waals surface area contributed by atoms with Gasteiger partial charge in [-0.3, -0.25) is 0 Å². The van der Waals surface area contributed by atoms with Gasteiger partial charge in [0.15, 0.2) is 0 Å². The molecule has 2 fully saturated rings. The van der Waals surface area contributed by atoms with Gasteiger partial charge in [-0.1, -0.05) is 20.8 Å². The molecule has 15 heavy (non-hydrogen) atoms. The monoisotopic (exact) mass is 227 g/mol. The lowest BCUT2D eigenvalue weighted by Crippen LogP contribution is -2.46. The molecule has 0 aromatic rings. The Morgan fingerprint density at radius 2 is 1.80 bits per heavy atom. The quantitative estimate of drug-likeness (QED) is 0.777. The minimum atomic E-state index is 0.779. The molecule has 0 spiro atoms. The van der Waals surface area contributed by atoms with E-state index in [1.165, 1.54) is 31.4 Å². The summed E-state index contributed by atoms with van der Waals surface area (Å²) in [6, 6.07) is 1.58. The van der Waals surface area contributed by atoms with Crippen molar-refractivity contribution < 1.29 is 0 Å². The summed E-state index contributed by atoms with van der Waals surface area (Å²) in [5, 5.41) is 4.75. The second-order valence-electron chi connectivity index (χ2n) is 5.51. The number of hydrogen-bond acceptors (Lipinski definition) is 2. The first-order chi connectivity index (χ1) is 7.18. The van der Waals surface area contributed by atoms with Gasteiger partial charge in [0.2, 0.25) is 0 Å². The van der Waals surface area contributed by atoms with Crippen molar-refractivity contribution in [2.45, 2.75) is 63.8 Å². The summed E-state index contributed by atoms with van der Waals surface area (Å²) in [4.78, 5) is 0. The van der Waals surface area contributed by atoms with Crippen molar-refractivity contribution in [3.8, 4) is 0 Å². The van der Waals surface area contributed by atoms with E-state index < -0.39 is 0 Å². The zero-order valence-corrected chi connectivity index (χ0v) is 11.1. The summed E-state index contributed by atoms with van der Waals surface area (Å²) in [5.74, 6) is 3.17. The van der Waals surface area contributed by atoms with Gasteiger partial charge in [0, 0.05) is 17.3 Å². The minimum Gasteiger partial charge on any atom is -0.310 e. The van der Waals surface area contributed by atoms with Gasteiger partial charge >= 0.3 is 0 Å². The van der Waals surface area contributed by atoms with Crippen LogP contribution in [-0.2, 0) is 0 Å². The van der Waals surface area contributed by atoms with Gasteiger partial charge in [-0.05, 0) is 43.3 Å². The Labute approximate surface area is 98.8 Å². The van der Waals surface area contributed by atoms with Gasteiger partial charge in [0.1, 0.15) is 0 Å². The summed E-state index contributed by atoms with van der Waals surface area (Å²) in [6.07, 6.45) is 5.62. The average molecular weight is 227 g/mol. The summed E-state index contributed by atoms with van der Waals surface area (Å²) >= 11 is 2.15. The first-order valence-electron chi connectivity index (χ1n) is 6.56. The largest absolute Gasteiger partial charge is 0.310 e. The fourth-order valence-electron chi connectivity index (χ4n) is 3.02. The Kier molecular flexibility index (Phi) is 4.00. The fraction of sp³-hybridized carbons (Fsp3) is 1.00. The molecule has 0 aromatic heterocycles. The van der Waals surface area contributed by atoms with Crippen LogP contribution in [0.15, 0.2) is 0 Å². The molecule has 5 atom stereocenters. The van der Waals surface area contributed by atoms with Crippen LogP contribution in [0.5, 0.6) is 0 Å². The molecule has 2 aliphatic rings. The summed E-state index contributed by atoms with van der Waals surface area (Å²) in [7, 11) is 0. The Bertz CT molecular complexity index is 205. The zero-order valence-electron chi connectivity index (χ0n) is 10.3. The highest BCUT2D eigenvalue weighted by atomic mass is 32.2. The molecule has 2 rings (SSSR count). The van der Waals surface area contributed by atoms with E-state index in [-0.39, 0.29) is 0 Å². The van der Waals surface area contributed by atoms with Crippen LogP contribution in [0.4, 0.5) is 0 Å². The van der Waals surface area contributed by atoms with Gasteiger partial charge in [-0.2, -0.15) is 11.8 Å². The van der Waals surface area contributed by atoms with E-state index in [2.05, 4.69) is 37.8 Å². The lowest BCUT2D eigenvalue weighted by molar-refractivity contribution is 0.323. The van der Waals surface area contributed by atoms with Gasteiger partial charge < -0.3 is 5.32 Å². The van der Waals surface area contributed by atoms with Gasteiger partial charge in [-0.15, -0.1) is 0 Å². The number of rotatable bonds is 2. The molecule has 1 saturated heterocycles. The Morgan fingerprint density at radius 3 is 2.40 bits per heavy atom. The van der Waals surface area contributed by atoms with Crippen LogP contribution in [-0.4, -0.2) is 23.1 Å². The highest BCUT2D eigenvalue weighted by Crippen LogP contribution is 2.33. The molecule has 5 unspecified atom stereocenters. The first-order valence-corrected chi connectivity index (χ1v) is 7.61. The topological polar surface area (TPSA) is 12.0 Å². The van der Waals surface area contributed by atoms with Crippen molar-refractivity contribution in [3.63, 3.8) is 0 Å². The average Bonchev–Trinajstić information content (AvgIpc) is 2.53. The van der Waals surface area contributed by atoms with Gasteiger partial charge in [-0.25, -0.2) is 0 Å². The molecule has 1 aliphatic heterocycles. The van der Waals surface area contributed by atoms with Crippen molar-refractivity contribution in [2.75, 3.05) is 5.75 Å². The molecule has 0 bridgehead atoms. The molecular formula is C13H25NS. The third kappa shape index (κ3) is 2.71. The third-order valence-corrected chi connectivity index (χ3v) is 5.88. The zero-order chi connectivity index (χ0) is 10.8. The lowest BCUT2D eigenvalue weighted by Gasteiger charge is -2.33. The molecular weight excluding hydrogens is 202 g/mol. The smallest absolute Gasteiger partial charge is 0.0186 e. The van der Waals surface area contributed by atoms with Gasteiger partial charge in [0.05, 0.1) is 0 Å². The molecule has 1 N–H and O–H groups in total. The first kappa shape index (κ1) is 11.8. The molecule has 1 nitrogen and oxygen atoms in total. The normalized spacial score (nSPS) is 47.0. The Morgan fingerprint density at radius 1 is 1.00 bits per heavy atom. The highest BCUT2D eigenvalue weighted by molar-refractivity contribution is 7.99. The van der Waals surface area contributed by atoms with Crippen molar-refractivity contribution >= 4 is 11.8 Å². The fourth-order valence-corrected chi connectivity index (χ4v) is 4.17. The molecule has 1 aliphatic carbocycles. The van der Waals surface area contributed by atoms with Crippen LogP contribution in [0, 0.1) is 11.8 Å². The summed E-state index contributed by atoms with van der Waals surface area (Å²) < 4.78 is 0. The van der Waals surface area contributed by atoms with Crippen LogP contribution in [0.25, 0.3) is 0 Å². The van der Waals surface area contributed by atoms with Crippen LogP contribution >= 0.6 is 11.8 Å². The van der Waals surface area contributed by atoms with E-state index in [0.29, 0.717) is 0 Å². The predicted molar refractivity (Wildman–Crippen MR) is 69.4 cm³/mol. The second kappa shape index (κ2) is 5.09. The van der Waals surface area contributed by atoms with Crippen molar-refractivity contribution in [2.24, 2.45) is 11.8 Å². The van der Waals surface area contributed by atoms with Crippen molar-refractivity contribution in [1.29, 1.82) is 0 Å². The number of hydrogen-bond donors (Lipinski definition) is 1. The lowest BCUT2D eigenvalue weighted by atomic mass is 9.96. The summed E-state index contributed by atoms with van der Waals surface area (Å²) in [5.41, 5.74) is 0. The molecule has 0 aromatic carbocycles. The SMILES string of the molecule is CC1CCC(NC2CCCSC2C)C1C. The number of thioether (sulfide) groups is 1. The molecule has 1 saturated carbocycles. The van der Waals surface area contributed by atoms with Crippen LogP contribution in [0.1, 0.15) is 46.5 Å². The van der Waals surface area contributed by atoms with Crippen molar-refractivity contribution in [1.82, 2.24) is 5.32 Å². The third-order valence-electron chi connectivity index (χ3n) is 4.50. The van der Waals surface area contributed by atoms with E-state index in [0.717, 1.165) is 29.2 Å². The Hall–Kier alpha value is 0.310. The molecule has 0 radical (unpaired) electrons. The minimum absolute atomic E-state index is 0.779. The molecule has 2 heteroatoms. The molecule has 88 valence electrons. The second-order valence-corrected chi connectivity index (χ2v) is 7.00. The van der Waals surface area contributed by atoms with Crippen LogP contribution < -0.4 is 5.32 Å². The maximum atomic E-state index is 3.93. The maximum absolute atomic E-state index is 3.93. The van der Waals surface area contributed by atoms with E-state index in [1.54, 1.807) is 0 Å². The highest BCUT2D eigenvalue weighted by Gasteiger charge is 2.32. The van der Waals surface area contributed by atoms with E-state index in [9.17, 15) is 0 Å². The van der Waals surface area contributed by atoms with E-state index in [1.807, 2.05) is 0 Å². The molecule has 0 amide bonds. The summed E-state index contributed by atoms with van der Waals surface area (Å²) in [6.45, 7) is 7.23. The standard InChI is InChI=1S/C13H25NS/c1-9-6-7-12(10(9)2)14-13-5-4-8-15-11(13)3/h9-14H,4-8H2,1-3H3. The predicted octanol–water partition coefficient (Wildman–Crippen LogP) is 3.29. The molecule has 1 heterocycles. The van der Waals surface area contributed by atoms with Gasteiger partial charge in [0.25, 0.3) is 0 Å². The maximum Gasteiger partial charge on any atom is 0.0186 e. The van der Waals surface area contributed by atoms with E-state index >= 15 is 0 Å². The van der Waals surface area contributed by atoms with Crippen LogP contribution in [0.3, 0.4) is 0 Å². The number of nitrogens with one attached hydrogen (secondary N) is 1.